The molecular weight excluding hydrogens is 314 g/mol. The smallest absolute Gasteiger partial charge is 0.259 e. The molecule has 8 nitrogen and oxygen atoms in total. The molecule has 23 heavy (non-hydrogen) atoms. The van der Waals surface area contributed by atoms with E-state index in [1.165, 1.54) is 22.3 Å². The van der Waals surface area contributed by atoms with Gasteiger partial charge in [-0.05, 0) is 28.5 Å². The van der Waals surface area contributed by atoms with Crippen molar-refractivity contribution in [3.63, 3.8) is 0 Å². The Morgan fingerprint density at radius 3 is 2.87 bits per heavy atom. The Morgan fingerprint density at radius 2 is 2.13 bits per heavy atom. The van der Waals surface area contributed by atoms with Crippen LogP contribution in [0.5, 0.6) is 0 Å². The molecular formula is C14H15N7OS. The third-order valence-electron chi connectivity index (χ3n) is 3.01. The topological polar surface area (TPSA) is 98.5 Å². The van der Waals surface area contributed by atoms with Gasteiger partial charge in [0.2, 0.25) is 5.13 Å². The van der Waals surface area contributed by atoms with E-state index in [9.17, 15) is 4.79 Å². The molecule has 1 N–H and O–H groups in total. The van der Waals surface area contributed by atoms with Crippen molar-refractivity contribution in [1.82, 2.24) is 30.4 Å². The first kappa shape index (κ1) is 15.2. The van der Waals surface area contributed by atoms with E-state index >= 15 is 0 Å². The normalized spacial score (nSPS) is 10.9. The molecule has 9 heteroatoms. The maximum atomic E-state index is 12.5. The quantitative estimate of drug-likeness (QED) is 0.768. The molecule has 1 aromatic carbocycles. The van der Waals surface area contributed by atoms with Gasteiger partial charge in [0.15, 0.2) is 0 Å². The summed E-state index contributed by atoms with van der Waals surface area (Å²) in [5.41, 5.74) is 1.06. The molecule has 1 amide bonds. The first-order chi connectivity index (χ1) is 11.1. The van der Waals surface area contributed by atoms with Gasteiger partial charge >= 0.3 is 0 Å². The molecule has 0 atom stereocenters. The first-order valence-corrected chi connectivity index (χ1v) is 7.91. The molecule has 2 aromatic heterocycles. The highest BCUT2D eigenvalue weighted by molar-refractivity contribution is 7.15. The third kappa shape index (κ3) is 3.57. The maximum absolute atomic E-state index is 12.5. The van der Waals surface area contributed by atoms with Crippen molar-refractivity contribution < 1.29 is 4.79 Å². The highest BCUT2D eigenvalue weighted by Gasteiger charge is 2.15. The molecule has 3 aromatic rings. The molecule has 3 rings (SSSR count). The lowest BCUT2D eigenvalue weighted by Crippen LogP contribution is -2.15. The van der Waals surface area contributed by atoms with Gasteiger partial charge in [0.25, 0.3) is 5.91 Å². The fraction of sp³-hybridized carbons (Fsp3) is 0.286. The number of rotatable bonds is 5. The van der Waals surface area contributed by atoms with Crippen LogP contribution in [0.3, 0.4) is 0 Å². The van der Waals surface area contributed by atoms with Gasteiger partial charge in [-0.2, -0.15) is 4.68 Å². The molecule has 0 aliphatic heterocycles. The number of tetrazole rings is 1. The summed E-state index contributed by atoms with van der Waals surface area (Å²) in [5, 5.41) is 23.3. The second-order valence-corrected chi connectivity index (χ2v) is 6.39. The Bertz CT molecular complexity index is 797. The highest BCUT2D eigenvalue weighted by atomic mass is 32.1. The van der Waals surface area contributed by atoms with Crippen LogP contribution in [0.25, 0.3) is 5.69 Å². The number of carbonyl (C=O) groups is 1. The van der Waals surface area contributed by atoms with Crippen LogP contribution in [0.2, 0.25) is 0 Å². The van der Waals surface area contributed by atoms with E-state index in [2.05, 4.69) is 44.9 Å². The zero-order valence-corrected chi connectivity index (χ0v) is 13.5. The number of hydrogen-bond donors (Lipinski definition) is 1. The Kier molecular flexibility index (Phi) is 4.38. The van der Waals surface area contributed by atoms with Crippen molar-refractivity contribution in [2.75, 3.05) is 5.32 Å². The standard InChI is InChI=1S/C14H15N7OS/c1-9(2)7-12-17-18-14(23-12)16-13(22)10-5-3-4-6-11(10)21-8-15-19-20-21/h3-6,8-9H,7H2,1-2H3,(H,16,18,22). The molecule has 0 spiro atoms. The minimum atomic E-state index is -0.275. The Labute approximate surface area is 136 Å². The van der Waals surface area contributed by atoms with E-state index in [4.69, 9.17) is 0 Å². The highest BCUT2D eigenvalue weighted by Crippen LogP contribution is 2.20. The van der Waals surface area contributed by atoms with Crippen LogP contribution in [0, 0.1) is 5.92 Å². The summed E-state index contributed by atoms with van der Waals surface area (Å²) in [5.74, 6) is 0.218. The van der Waals surface area contributed by atoms with Crippen molar-refractivity contribution in [2.45, 2.75) is 20.3 Å². The average molecular weight is 329 g/mol. The summed E-state index contributed by atoms with van der Waals surface area (Å²) in [6, 6.07) is 7.09. The van der Waals surface area contributed by atoms with Gasteiger partial charge in [-0.3, -0.25) is 10.1 Å². The number of nitrogens with one attached hydrogen (secondary N) is 1. The fourth-order valence-corrected chi connectivity index (χ4v) is 2.98. The van der Waals surface area contributed by atoms with Gasteiger partial charge in [-0.25, -0.2) is 0 Å². The summed E-state index contributed by atoms with van der Waals surface area (Å²) < 4.78 is 1.44. The number of hydrogen-bond acceptors (Lipinski definition) is 7. The monoisotopic (exact) mass is 329 g/mol. The number of amides is 1. The zero-order chi connectivity index (χ0) is 16.2. The zero-order valence-electron chi connectivity index (χ0n) is 12.7. The summed E-state index contributed by atoms with van der Waals surface area (Å²) in [6.07, 6.45) is 2.28. The van der Waals surface area contributed by atoms with Crippen LogP contribution >= 0.6 is 11.3 Å². The predicted octanol–water partition coefficient (Wildman–Crippen LogP) is 1.96. The number of benzene rings is 1. The van der Waals surface area contributed by atoms with Crippen LogP contribution in [0.1, 0.15) is 29.2 Å². The molecule has 0 unspecified atom stereocenters. The number of para-hydroxylation sites is 1. The van der Waals surface area contributed by atoms with Gasteiger partial charge in [0.05, 0.1) is 11.3 Å². The van der Waals surface area contributed by atoms with Crippen molar-refractivity contribution in [1.29, 1.82) is 0 Å². The van der Waals surface area contributed by atoms with Gasteiger partial charge in [-0.1, -0.05) is 37.3 Å². The van der Waals surface area contributed by atoms with Crippen molar-refractivity contribution in [2.24, 2.45) is 5.92 Å². The van der Waals surface area contributed by atoms with Gasteiger partial charge in [0, 0.05) is 6.42 Å². The molecule has 0 fully saturated rings. The van der Waals surface area contributed by atoms with E-state index < -0.39 is 0 Å². The Hall–Kier alpha value is -2.68. The molecule has 0 radical (unpaired) electrons. The first-order valence-electron chi connectivity index (χ1n) is 7.09. The summed E-state index contributed by atoms with van der Waals surface area (Å²) in [4.78, 5) is 12.5. The van der Waals surface area contributed by atoms with Crippen molar-refractivity contribution >= 4 is 22.4 Å². The van der Waals surface area contributed by atoms with Crippen LogP contribution in [0.4, 0.5) is 5.13 Å². The van der Waals surface area contributed by atoms with Gasteiger partial charge < -0.3 is 0 Å². The van der Waals surface area contributed by atoms with E-state index in [1.54, 1.807) is 18.2 Å². The summed E-state index contributed by atoms with van der Waals surface area (Å²) in [6.45, 7) is 4.23. The van der Waals surface area contributed by atoms with Crippen molar-refractivity contribution in [3.05, 3.63) is 41.2 Å². The Balaban J connectivity index is 1.80. The van der Waals surface area contributed by atoms with E-state index in [0.717, 1.165) is 11.4 Å². The van der Waals surface area contributed by atoms with E-state index in [0.29, 0.717) is 22.3 Å². The van der Waals surface area contributed by atoms with Crippen LogP contribution in [-0.4, -0.2) is 36.3 Å². The largest absolute Gasteiger partial charge is 0.296 e. The second-order valence-electron chi connectivity index (χ2n) is 5.32. The van der Waals surface area contributed by atoms with Crippen LogP contribution in [0.15, 0.2) is 30.6 Å². The van der Waals surface area contributed by atoms with E-state index in [-0.39, 0.29) is 5.91 Å². The lowest BCUT2D eigenvalue weighted by Gasteiger charge is -2.07. The molecule has 0 saturated carbocycles. The number of carbonyl (C=O) groups excluding carboxylic acids is 1. The summed E-state index contributed by atoms with van der Waals surface area (Å²) in [7, 11) is 0. The van der Waals surface area contributed by atoms with Gasteiger partial charge in [0.1, 0.15) is 11.3 Å². The molecule has 0 aliphatic rings. The van der Waals surface area contributed by atoms with Crippen LogP contribution in [-0.2, 0) is 6.42 Å². The Morgan fingerprint density at radius 1 is 1.30 bits per heavy atom. The fourth-order valence-electron chi connectivity index (χ4n) is 2.04. The van der Waals surface area contributed by atoms with Crippen molar-refractivity contribution in [3.8, 4) is 5.69 Å². The number of aromatic nitrogens is 6. The maximum Gasteiger partial charge on any atom is 0.259 e. The molecule has 0 aliphatic carbocycles. The minimum absolute atomic E-state index is 0.275. The SMILES string of the molecule is CC(C)Cc1nnc(NC(=O)c2ccccc2-n2cnnn2)s1. The van der Waals surface area contributed by atoms with Gasteiger partial charge in [-0.15, -0.1) is 15.3 Å². The van der Waals surface area contributed by atoms with E-state index in [1.807, 2.05) is 6.07 Å². The molecule has 2 heterocycles. The average Bonchev–Trinajstić information content (AvgIpc) is 3.18. The third-order valence-corrected chi connectivity index (χ3v) is 3.88. The number of anilines is 1. The molecule has 0 saturated heterocycles. The molecule has 118 valence electrons. The number of nitrogens with zero attached hydrogens (tertiary/aromatic N) is 6. The molecule has 0 bridgehead atoms. The summed E-state index contributed by atoms with van der Waals surface area (Å²) >= 11 is 1.39. The minimum Gasteiger partial charge on any atom is -0.296 e. The predicted molar refractivity (Wildman–Crippen MR) is 85.6 cm³/mol. The lowest BCUT2D eigenvalue weighted by molar-refractivity contribution is 0.102. The second kappa shape index (κ2) is 6.61. The van der Waals surface area contributed by atoms with Crippen LogP contribution < -0.4 is 5.32 Å². The lowest BCUT2D eigenvalue weighted by atomic mass is 10.1.